The Hall–Kier alpha value is -2.34. The third kappa shape index (κ3) is 5.59. The summed E-state index contributed by atoms with van der Waals surface area (Å²) in [5.74, 6) is -0.675. The normalized spacial score (nSPS) is 14.1. The SMILES string of the molecule is O=C(COC(=O)CCc1ccsc1)Nc1ccc(N2CCCCC2)cc1. The highest BCUT2D eigenvalue weighted by molar-refractivity contribution is 7.07. The molecule has 1 saturated heterocycles. The molecular formula is C20H24N2O3S. The highest BCUT2D eigenvalue weighted by atomic mass is 32.1. The standard InChI is InChI=1S/C20H24N2O3S/c23-19(14-25-20(24)9-4-16-10-13-26-15-16)21-17-5-7-18(8-6-17)22-11-2-1-3-12-22/h5-8,10,13,15H,1-4,9,11-12,14H2,(H,21,23). The summed E-state index contributed by atoms with van der Waals surface area (Å²) < 4.78 is 5.04. The van der Waals surface area contributed by atoms with Crippen molar-refractivity contribution in [1.82, 2.24) is 0 Å². The number of nitrogens with zero attached hydrogens (tertiary/aromatic N) is 1. The fraction of sp³-hybridized carbons (Fsp3) is 0.400. The molecule has 0 saturated carbocycles. The molecular weight excluding hydrogens is 348 g/mol. The molecule has 1 aliphatic rings. The van der Waals surface area contributed by atoms with E-state index in [-0.39, 0.29) is 24.9 Å². The molecule has 1 N–H and O–H groups in total. The van der Waals surface area contributed by atoms with E-state index in [4.69, 9.17) is 4.74 Å². The summed E-state index contributed by atoms with van der Waals surface area (Å²) in [6.07, 6.45) is 4.69. The van der Waals surface area contributed by atoms with Crippen LogP contribution in [0.1, 0.15) is 31.2 Å². The summed E-state index contributed by atoms with van der Waals surface area (Å²) in [5.41, 5.74) is 3.01. The highest BCUT2D eigenvalue weighted by Crippen LogP contribution is 2.21. The number of carbonyl (C=O) groups excluding carboxylic acids is 2. The number of rotatable bonds is 7. The van der Waals surface area contributed by atoms with E-state index in [1.807, 2.05) is 41.1 Å². The van der Waals surface area contributed by atoms with Crippen LogP contribution in [0.5, 0.6) is 0 Å². The number of piperidine rings is 1. The molecule has 0 aliphatic carbocycles. The second-order valence-corrected chi connectivity index (χ2v) is 7.22. The second kappa shape index (κ2) is 9.38. The van der Waals surface area contributed by atoms with E-state index >= 15 is 0 Å². The number of thiophene rings is 1. The lowest BCUT2D eigenvalue weighted by molar-refractivity contribution is -0.147. The van der Waals surface area contributed by atoms with Crippen LogP contribution in [0.3, 0.4) is 0 Å². The zero-order chi connectivity index (χ0) is 18.2. The predicted molar refractivity (Wildman–Crippen MR) is 105 cm³/mol. The van der Waals surface area contributed by atoms with Gasteiger partial charge in [0.1, 0.15) is 0 Å². The van der Waals surface area contributed by atoms with E-state index in [1.54, 1.807) is 11.3 Å². The van der Waals surface area contributed by atoms with Crippen molar-refractivity contribution in [3.05, 3.63) is 46.7 Å². The largest absolute Gasteiger partial charge is 0.456 e. The van der Waals surface area contributed by atoms with Gasteiger partial charge >= 0.3 is 5.97 Å². The number of benzene rings is 1. The number of ether oxygens (including phenoxy) is 1. The fourth-order valence-corrected chi connectivity index (χ4v) is 3.71. The molecule has 2 aromatic rings. The lowest BCUT2D eigenvalue weighted by Gasteiger charge is -2.28. The van der Waals surface area contributed by atoms with Gasteiger partial charge in [0, 0.05) is 30.9 Å². The first-order valence-corrected chi connectivity index (χ1v) is 9.96. The smallest absolute Gasteiger partial charge is 0.306 e. The van der Waals surface area contributed by atoms with Gasteiger partial charge in [0.25, 0.3) is 5.91 Å². The summed E-state index contributed by atoms with van der Waals surface area (Å²) in [4.78, 5) is 26.0. The lowest BCUT2D eigenvalue weighted by Crippen LogP contribution is -2.29. The average Bonchev–Trinajstić information content (AvgIpc) is 3.20. The summed E-state index contributed by atoms with van der Waals surface area (Å²) in [6, 6.07) is 9.81. The number of hydrogen-bond acceptors (Lipinski definition) is 5. The number of carbonyl (C=O) groups is 2. The van der Waals surface area contributed by atoms with E-state index in [2.05, 4.69) is 10.2 Å². The van der Waals surface area contributed by atoms with Gasteiger partial charge in [-0.25, -0.2) is 0 Å². The number of aryl methyl sites for hydroxylation is 1. The first-order valence-electron chi connectivity index (χ1n) is 9.02. The van der Waals surface area contributed by atoms with E-state index in [0.717, 1.165) is 18.7 Å². The zero-order valence-electron chi connectivity index (χ0n) is 14.8. The van der Waals surface area contributed by atoms with Gasteiger partial charge in [-0.05, 0) is 72.3 Å². The van der Waals surface area contributed by atoms with Crippen LogP contribution in [0.15, 0.2) is 41.1 Å². The number of nitrogens with one attached hydrogen (secondary N) is 1. The Morgan fingerprint density at radius 3 is 2.54 bits per heavy atom. The molecule has 2 heterocycles. The van der Waals surface area contributed by atoms with E-state index in [0.29, 0.717) is 12.1 Å². The molecule has 5 nitrogen and oxygen atoms in total. The molecule has 3 rings (SSSR count). The number of hydrogen-bond donors (Lipinski definition) is 1. The molecule has 1 aromatic carbocycles. The van der Waals surface area contributed by atoms with Gasteiger partial charge in [0.15, 0.2) is 6.61 Å². The lowest BCUT2D eigenvalue weighted by atomic mass is 10.1. The van der Waals surface area contributed by atoms with Crippen LogP contribution in [0, 0.1) is 0 Å². The molecule has 0 radical (unpaired) electrons. The molecule has 26 heavy (non-hydrogen) atoms. The van der Waals surface area contributed by atoms with Crippen LogP contribution in [-0.4, -0.2) is 31.6 Å². The zero-order valence-corrected chi connectivity index (χ0v) is 15.6. The maximum Gasteiger partial charge on any atom is 0.306 e. The maximum absolute atomic E-state index is 11.9. The topological polar surface area (TPSA) is 58.6 Å². The van der Waals surface area contributed by atoms with E-state index < -0.39 is 0 Å². The Bertz CT molecular complexity index is 707. The average molecular weight is 372 g/mol. The monoisotopic (exact) mass is 372 g/mol. The summed E-state index contributed by atoms with van der Waals surface area (Å²) in [7, 11) is 0. The van der Waals surface area contributed by atoms with Crippen molar-refractivity contribution in [2.75, 3.05) is 29.9 Å². The Morgan fingerprint density at radius 1 is 1.08 bits per heavy atom. The number of anilines is 2. The number of amides is 1. The third-order valence-electron chi connectivity index (χ3n) is 4.43. The molecule has 1 amide bonds. The van der Waals surface area contributed by atoms with Crippen molar-refractivity contribution >= 4 is 34.6 Å². The van der Waals surface area contributed by atoms with Crippen molar-refractivity contribution in [2.24, 2.45) is 0 Å². The summed E-state index contributed by atoms with van der Waals surface area (Å²) >= 11 is 1.60. The van der Waals surface area contributed by atoms with Crippen LogP contribution in [0.4, 0.5) is 11.4 Å². The van der Waals surface area contributed by atoms with Crippen LogP contribution in [0.2, 0.25) is 0 Å². The molecule has 1 fully saturated rings. The molecule has 0 spiro atoms. The molecule has 1 aliphatic heterocycles. The minimum Gasteiger partial charge on any atom is -0.456 e. The van der Waals surface area contributed by atoms with E-state index in [9.17, 15) is 9.59 Å². The van der Waals surface area contributed by atoms with Gasteiger partial charge in [-0.1, -0.05) is 0 Å². The molecule has 6 heteroatoms. The Morgan fingerprint density at radius 2 is 1.85 bits per heavy atom. The van der Waals surface area contributed by atoms with Crippen molar-refractivity contribution in [3.8, 4) is 0 Å². The summed E-state index contributed by atoms with van der Waals surface area (Å²) in [5, 5.41) is 6.75. The molecule has 0 unspecified atom stereocenters. The first kappa shape index (κ1) is 18.5. The van der Waals surface area contributed by atoms with Gasteiger partial charge < -0.3 is 15.0 Å². The Labute approximate surface area is 158 Å². The molecule has 1 aromatic heterocycles. The number of esters is 1. The van der Waals surface area contributed by atoms with Gasteiger partial charge in [-0.2, -0.15) is 11.3 Å². The molecule has 0 atom stereocenters. The quantitative estimate of drug-likeness (QED) is 0.750. The highest BCUT2D eigenvalue weighted by Gasteiger charge is 2.12. The van der Waals surface area contributed by atoms with Crippen LogP contribution in [0.25, 0.3) is 0 Å². The van der Waals surface area contributed by atoms with Crippen molar-refractivity contribution in [2.45, 2.75) is 32.1 Å². The second-order valence-electron chi connectivity index (χ2n) is 6.44. The van der Waals surface area contributed by atoms with Crippen molar-refractivity contribution in [1.29, 1.82) is 0 Å². The van der Waals surface area contributed by atoms with Crippen molar-refractivity contribution < 1.29 is 14.3 Å². The minimum atomic E-state index is -0.355. The first-order chi connectivity index (χ1) is 12.7. The maximum atomic E-state index is 11.9. The minimum absolute atomic E-state index is 0.254. The predicted octanol–water partition coefficient (Wildman–Crippen LogP) is 3.85. The van der Waals surface area contributed by atoms with Gasteiger partial charge in [-0.3, -0.25) is 9.59 Å². The third-order valence-corrected chi connectivity index (χ3v) is 5.17. The fourth-order valence-electron chi connectivity index (χ4n) is 3.00. The molecule has 138 valence electrons. The molecule has 0 bridgehead atoms. The van der Waals surface area contributed by atoms with Gasteiger partial charge in [-0.15, -0.1) is 0 Å². The van der Waals surface area contributed by atoms with Crippen LogP contribution >= 0.6 is 11.3 Å². The summed E-state index contributed by atoms with van der Waals surface area (Å²) in [6.45, 7) is 1.93. The van der Waals surface area contributed by atoms with Gasteiger partial charge in [0.2, 0.25) is 0 Å². The Kier molecular flexibility index (Phi) is 6.66. The van der Waals surface area contributed by atoms with Gasteiger partial charge in [0.05, 0.1) is 0 Å². The van der Waals surface area contributed by atoms with Crippen LogP contribution < -0.4 is 10.2 Å². The Balaban J connectivity index is 1.39. The van der Waals surface area contributed by atoms with E-state index in [1.165, 1.54) is 24.9 Å². The van der Waals surface area contributed by atoms with Crippen molar-refractivity contribution in [3.63, 3.8) is 0 Å². The van der Waals surface area contributed by atoms with Crippen LogP contribution in [-0.2, 0) is 20.7 Å².